The van der Waals surface area contributed by atoms with Crippen molar-refractivity contribution in [2.45, 2.75) is 46.3 Å². The number of hydrogen-bond donors (Lipinski definition) is 0. The van der Waals surface area contributed by atoms with Crippen LogP contribution in [0.15, 0.2) is 12.2 Å². The van der Waals surface area contributed by atoms with Crippen molar-refractivity contribution in [2.24, 2.45) is 0 Å². The molecule has 0 saturated carbocycles. The van der Waals surface area contributed by atoms with Gasteiger partial charge in [0.15, 0.2) is 0 Å². The Labute approximate surface area is 120 Å². The van der Waals surface area contributed by atoms with Crippen LogP contribution in [-0.2, 0) is 19.1 Å². The fourth-order valence-corrected chi connectivity index (χ4v) is 1.95. The summed E-state index contributed by atoms with van der Waals surface area (Å²) in [5.41, 5.74) is 0. The van der Waals surface area contributed by atoms with Crippen LogP contribution < -0.4 is 0 Å². The van der Waals surface area contributed by atoms with E-state index in [4.69, 9.17) is 4.74 Å². The Hall–Kier alpha value is -0.970. The van der Waals surface area contributed by atoms with Crippen LogP contribution in [0.2, 0.25) is 0 Å². The minimum atomic E-state index is -0.269. The van der Waals surface area contributed by atoms with Crippen molar-refractivity contribution in [1.82, 2.24) is 0 Å². The van der Waals surface area contributed by atoms with E-state index in [2.05, 4.69) is 11.7 Å². The van der Waals surface area contributed by atoms with E-state index in [1.165, 1.54) is 6.08 Å². The molecule has 0 fully saturated rings. The second-order valence-electron chi connectivity index (χ2n) is 3.53. The molecule has 1 atom stereocenters. The third-order valence-corrected chi connectivity index (χ3v) is 2.87. The zero-order valence-corrected chi connectivity index (χ0v) is 13.4. The van der Waals surface area contributed by atoms with Gasteiger partial charge in [-0.1, -0.05) is 19.9 Å². The molecule has 0 aliphatic carbocycles. The smallest absolute Gasteiger partial charge is 0.330 e. The maximum atomic E-state index is 10.9. The van der Waals surface area contributed by atoms with E-state index in [0.717, 1.165) is 5.75 Å². The Kier molecular flexibility index (Phi) is 16.2. The number of ether oxygens (including phenoxy) is 2. The first kappa shape index (κ1) is 20.3. The zero-order chi connectivity index (χ0) is 15.1. The quantitative estimate of drug-likeness (QED) is 0.532. The Morgan fingerprint density at radius 2 is 1.74 bits per heavy atom. The number of hydrogen-bond acceptors (Lipinski definition) is 5. The van der Waals surface area contributed by atoms with Crippen molar-refractivity contribution in [2.75, 3.05) is 19.0 Å². The van der Waals surface area contributed by atoms with Gasteiger partial charge in [-0.15, -0.1) is 0 Å². The van der Waals surface area contributed by atoms with Crippen LogP contribution in [0.3, 0.4) is 0 Å². The van der Waals surface area contributed by atoms with E-state index in [1.807, 2.05) is 13.8 Å². The van der Waals surface area contributed by atoms with E-state index < -0.39 is 0 Å². The minimum absolute atomic E-state index is 0.0825. The van der Waals surface area contributed by atoms with E-state index >= 15 is 0 Å². The molecule has 4 nitrogen and oxygen atoms in total. The summed E-state index contributed by atoms with van der Waals surface area (Å²) in [5.74, 6) is 0.705. The molecular formula is C14H26O4S. The first-order chi connectivity index (χ1) is 9.01. The molecular weight excluding hydrogens is 264 g/mol. The lowest BCUT2D eigenvalue weighted by atomic mass is 10.3. The number of rotatable bonds is 7. The molecule has 0 aromatic carbocycles. The van der Waals surface area contributed by atoms with Crippen LogP contribution in [0.4, 0.5) is 0 Å². The average Bonchev–Trinajstić information content (AvgIpc) is 2.30. The molecule has 1 unspecified atom stereocenters. The van der Waals surface area contributed by atoms with Gasteiger partial charge in [-0.3, -0.25) is 4.79 Å². The maximum absolute atomic E-state index is 10.9. The highest BCUT2D eigenvalue weighted by Crippen LogP contribution is 2.13. The van der Waals surface area contributed by atoms with Crippen molar-refractivity contribution >= 4 is 23.7 Å². The normalized spacial score (nSPS) is 11.4. The summed E-state index contributed by atoms with van der Waals surface area (Å²) in [7, 11) is 0. The van der Waals surface area contributed by atoms with Crippen LogP contribution in [0.25, 0.3) is 0 Å². The van der Waals surface area contributed by atoms with Gasteiger partial charge in [0.05, 0.1) is 19.6 Å². The van der Waals surface area contributed by atoms with E-state index in [9.17, 15) is 9.59 Å². The van der Waals surface area contributed by atoms with Gasteiger partial charge < -0.3 is 9.47 Å². The second-order valence-corrected chi connectivity index (χ2v) is 5.24. The Balaban J connectivity index is 0. The summed E-state index contributed by atoms with van der Waals surface area (Å²) in [4.78, 5) is 21.2. The predicted octanol–water partition coefficient (Wildman–Crippen LogP) is 3.21. The van der Waals surface area contributed by atoms with Gasteiger partial charge >= 0.3 is 11.9 Å². The second kappa shape index (κ2) is 15.1. The molecule has 0 aliphatic heterocycles. The van der Waals surface area contributed by atoms with Crippen molar-refractivity contribution in [3.8, 4) is 0 Å². The number of carbonyl (C=O) groups is 2. The molecule has 0 heterocycles. The van der Waals surface area contributed by atoms with Crippen molar-refractivity contribution in [3.05, 3.63) is 12.2 Å². The van der Waals surface area contributed by atoms with E-state index in [-0.39, 0.29) is 11.9 Å². The van der Waals surface area contributed by atoms with Gasteiger partial charge in [0.25, 0.3) is 0 Å². The Morgan fingerprint density at radius 3 is 2.16 bits per heavy atom. The molecule has 112 valence electrons. The maximum Gasteiger partial charge on any atom is 0.330 e. The lowest BCUT2D eigenvalue weighted by Crippen LogP contribution is -2.10. The van der Waals surface area contributed by atoms with Crippen molar-refractivity contribution in [1.29, 1.82) is 0 Å². The third kappa shape index (κ3) is 17.0. The van der Waals surface area contributed by atoms with Crippen LogP contribution in [-0.4, -0.2) is 36.2 Å². The average molecular weight is 290 g/mol. The largest absolute Gasteiger partial charge is 0.466 e. The standard InChI is InChI=1S/C8H16O2S.C6H10O2/c1-4-10-8(9)6-7(3)11-5-2;1-3-5-6(7)8-4-2/h7H,4-6H2,1-3H3;3,5H,4H2,1-2H3/b;5-3-. The predicted molar refractivity (Wildman–Crippen MR) is 80.3 cm³/mol. The van der Waals surface area contributed by atoms with Crippen molar-refractivity contribution in [3.63, 3.8) is 0 Å². The van der Waals surface area contributed by atoms with Gasteiger partial charge in [0, 0.05) is 11.3 Å². The SMILES string of the molecule is C/C=C\C(=O)OCC.CCOC(=O)CC(C)SCC. The third-order valence-electron chi connectivity index (χ3n) is 1.80. The van der Waals surface area contributed by atoms with Gasteiger partial charge in [-0.2, -0.15) is 11.8 Å². The fraction of sp³-hybridized carbons (Fsp3) is 0.714. The lowest BCUT2D eigenvalue weighted by Gasteiger charge is -2.07. The van der Waals surface area contributed by atoms with Crippen molar-refractivity contribution < 1.29 is 19.1 Å². The highest BCUT2D eigenvalue weighted by atomic mass is 32.2. The topological polar surface area (TPSA) is 52.6 Å². The molecule has 0 amide bonds. The monoisotopic (exact) mass is 290 g/mol. The van der Waals surface area contributed by atoms with E-state index in [0.29, 0.717) is 24.9 Å². The molecule has 0 rings (SSSR count). The number of thioether (sulfide) groups is 1. The van der Waals surface area contributed by atoms with Crippen LogP contribution in [0.1, 0.15) is 41.0 Å². The van der Waals surface area contributed by atoms with Gasteiger partial charge in [-0.25, -0.2) is 4.79 Å². The number of esters is 2. The fourth-order valence-electron chi connectivity index (χ4n) is 1.12. The Bertz CT molecular complexity index is 264. The molecule has 0 bridgehead atoms. The van der Waals surface area contributed by atoms with Crippen LogP contribution >= 0.6 is 11.8 Å². The van der Waals surface area contributed by atoms with E-state index in [1.54, 1.807) is 31.7 Å². The Morgan fingerprint density at radius 1 is 1.16 bits per heavy atom. The molecule has 0 aromatic rings. The summed E-state index contributed by atoms with van der Waals surface area (Å²) in [5, 5.41) is 0.388. The first-order valence-corrected chi connectivity index (χ1v) is 7.63. The molecule has 5 heteroatoms. The molecule has 0 aliphatic rings. The van der Waals surface area contributed by atoms with Gasteiger partial charge in [-0.05, 0) is 26.5 Å². The molecule has 0 aromatic heterocycles. The summed E-state index contributed by atoms with van der Waals surface area (Å²) in [6.45, 7) is 10.5. The van der Waals surface area contributed by atoms with Gasteiger partial charge in [0.2, 0.25) is 0 Å². The highest BCUT2D eigenvalue weighted by molar-refractivity contribution is 7.99. The minimum Gasteiger partial charge on any atom is -0.466 e. The summed E-state index contributed by atoms with van der Waals surface area (Å²) in [6, 6.07) is 0. The molecule has 0 spiro atoms. The molecule has 0 radical (unpaired) electrons. The first-order valence-electron chi connectivity index (χ1n) is 6.58. The summed E-state index contributed by atoms with van der Waals surface area (Å²) >= 11 is 1.78. The lowest BCUT2D eigenvalue weighted by molar-refractivity contribution is -0.143. The van der Waals surface area contributed by atoms with Crippen LogP contribution in [0.5, 0.6) is 0 Å². The number of allylic oxidation sites excluding steroid dienone is 1. The molecule has 19 heavy (non-hydrogen) atoms. The summed E-state index contributed by atoms with van der Waals surface area (Å²) in [6.07, 6.45) is 3.58. The zero-order valence-electron chi connectivity index (χ0n) is 12.6. The van der Waals surface area contributed by atoms with Crippen LogP contribution in [0, 0.1) is 0 Å². The van der Waals surface area contributed by atoms with Gasteiger partial charge in [0.1, 0.15) is 0 Å². The number of carbonyl (C=O) groups excluding carboxylic acids is 2. The molecule has 0 N–H and O–H groups in total. The highest BCUT2D eigenvalue weighted by Gasteiger charge is 2.08. The molecule has 0 saturated heterocycles. The summed E-state index contributed by atoms with van der Waals surface area (Å²) < 4.78 is 9.36.